The Hall–Kier alpha value is -2.17. The van der Waals surface area contributed by atoms with E-state index >= 15 is 0 Å². The number of nitrogens with zero attached hydrogens (tertiary/aromatic N) is 1. The summed E-state index contributed by atoms with van der Waals surface area (Å²) in [7, 11) is 2.01. The van der Waals surface area contributed by atoms with Crippen molar-refractivity contribution in [2.75, 3.05) is 13.6 Å². The third-order valence-electron chi connectivity index (χ3n) is 3.45. The number of carbonyl (C=O) groups excluding carboxylic acids is 1. The van der Waals surface area contributed by atoms with Gasteiger partial charge in [-0.15, -0.1) is 0 Å². The van der Waals surface area contributed by atoms with E-state index in [-0.39, 0.29) is 11.8 Å². The average molecular weight is 283 g/mol. The van der Waals surface area contributed by atoms with Crippen LogP contribution in [0.25, 0.3) is 0 Å². The minimum atomic E-state index is -0.273. The molecule has 2 aromatic rings. The summed E-state index contributed by atoms with van der Waals surface area (Å²) in [5.74, 6) is 4.88. The first-order chi connectivity index (χ1) is 10.2. The lowest BCUT2D eigenvalue weighted by Gasteiger charge is -2.23. The molecule has 0 heterocycles. The molecule has 1 amide bonds. The largest absolute Gasteiger partial charge is 0.301 e. The lowest BCUT2D eigenvalue weighted by atomic mass is 9.97. The molecule has 110 valence electrons. The molecular weight excluding hydrogens is 262 g/mol. The molecule has 1 atom stereocenters. The van der Waals surface area contributed by atoms with Crippen LogP contribution in [0.1, 0.15) is 17.0 Å². The van der Waals surface area contributed by atoms with E-state index in [4.69, 9.17) is 5.84 Å². The number of hydrazine groups is 1. The Bertz CT molecular complexity index is 557. The van der Waals surface area contributed by atoms with Gasteiger partial charge in [0.05, 0.1) is 5.92 Å². The SMILES string of the molecule is CN(Cc1ccccc1)CC(C(=O)NN)c1ccccc1. The molecule has 0 aliphatic carbocycles. The summed E-state index contributed by atoms with van der Waals surface area (Å²) < 4.78 is 0. The van der Waals surface area contributed by atoms with Gasteiger partial charge in [0.2, 0.25) is 5.91 Å². The van der Waals surface area contributed by atoms with Gasteiger partial charge in [0.25, 0.3) is 0 Å². The van der Waals surface area contributed by atoms with E-state index < -0.39 is 0 Å². The summed E-state index contributed by atoms with van der Waals surface area (Å²) >= 11 is 0. The monoisotopic (exact) mass is 283 g/mol. The standard InChI is InChI=1S/C17H21N3O/c1-20(12-14-8-4-2-5-9-14)13-16(17(21)19-18)15-10-6-3-7-11-15/h2-11,16H,12-13,18H2,1H3,(H,19,21). The van der Waals surface area contributed by atoms with E-state index in [1.165, 1.54) is 5.56 Å². The Morgan fingerprint density at radius 1 is 1.10 bits per heavy atom. The van der Waals surface area contributed by atoms with Crippen LogP contribution < -0.4 is 11.3 Å². The second kappa shape index (κ2) is 7.57. The molecular formula is C17H21N3O. The maximum Gasteiger partial charge on any atom is 0.242 e. The highest BCUT2D eigenvalue weighted by Gasteiger charge is 2.21. The predicted octanol–water partition coefficient (Wildman–Crippen LogP) is 1.89. The van der Waals surface area contributed by atoms with Gasteiger partial charge in [0.15, 0.2) is 0 Å². The summed E-state index contributed by atoms with van der Waals surface area (Å²) in [6.45, 7) is 1.41. The number of hydrogen-bond donors (Lipinski definition) is 2. The molecule has 0 aliphatic rings. The zero-order valence-corrected chi connectivity index (χ0v) is 12.2. The number of amides is 1. The Morgan fingerprint density at radius 3 is 2.24 bits per heavy atom. The average Bonchev–Trinajstić information content (AvgIpc) is 2.53. The van der Waals surface area contributed by atoms with Gasteiger partial charge < -0.3 is 4.90 Å². The van der Waals surface area contributed by atoms with Gasteiger partial charge in [-0.1, -0.05) is 60.7 Å². The van der Waals surface area contributed by atoms with Crippen LogP contribution in [0.4, 0.5) is 0 Å². The highest BCUT2D eigenvalue weighted by atomic mass is 16.2. The molecule has 3 N–H and O–H groups in total. The Labute approximate surface area is 125 Å². The van der Waals surface area contributed by atoms with E-state index in [0.29, 0.717) is 6.54 Å². The van der Waals surface area contributed by atoms with E-state index in [9.17, 15) is 4.79 Å². The smallest absolute Gasteiger partial charge is 0.242 e. The van der Waals surface area contributed by atoms with Crippen LogP contribution in [0, 0.1) is 0 Å². The quantitative estimate of drug-likeness (QED) is 0.483. The van der Waals surface area contributed by atoms with Crippen molar-refractivity contribution in [3.8, 4) is 0 Å². The number of nitrogens with one attached hydrogen (secondary N) is 1. The van der Waals surface area contributed by atoms with Crippen LogP contribution in [-0.4, -0.2) is 24.4 Å². The van der Waals surface area contributed by atoms with Crippen molar-refractivity contribution in [2.45, 2.75) is 12.5 Å². The second-order valence-corrected chi connectivity index (χ2v) is 5.15. The fraction of sp³-hybridized carbons (Fsp3) is 0.235. The molecule has 0 saturated heterocycles. The Balaban J connectivity index is 2.07. The molecule has 2 rings (SSSR count). The van der Waals surface area contributed by atoms with Gasteiger partial charge in [-0.3, -0.25) is 10.2 Å². The maximum absolute atomic E-state index is 12.0. The zero-order valence-electron chi connectivity index (χ0n) is 12.2. The lowest BCUT2D eigenvalue weighted by Crippen LogP contribution is -2.39. The van der Waals surface area contributed by atoms with Crippen LogP contribution in [0.5, 0.6) is 0 Å². The number of hydrogen-bond acceptors (Lipinski definition) is 3. The van der Waals surface area contributed by atoms with Gasteiger partial charge in [-0.25, -0.2) is 5.84 Å². The topological polar surface area (TPSA) is 58.4 Å². The molecule has 0 spiro atoms. The van der Waals surface area contributed by atoms with E-state index in [0.717, 1.165) is 12.1 Å². The first-order valence-corrected chi connectivity index (χ1v) is 6.98. The van der Waals surface area contributed by atoms with Crippen LogP contribution in [0.15, 0.2) is 60.7 Å². The van der Waals surface area contributed by atoms with Crippen molar-refractivity contribution < 1.29 is 4.79 Å². The summed E-state index contributed by atoms with van der Waals surface area (Å²) in [5, 5.41) is 0. The summed E-state index contributed by atoms with van der Waals surface area (Å²) in [5.41, 5.74) is 4.46. The van der Waals surface area contributed by atoms with Crippen molar-refractivity contribution >= 4 is 5.91 Å². The summed E-state index contributed by atoms with van der Waals surface area (Å²) in [6.07, 6.45) is 0. The first-order valence-electron chi connectivity index (χ1n) is 6.98. The van der Waals surface area contributed by atoms with Crippen molar-refractivity contribution in [2.24, 2.45) is 5.84 Å². The fourth-order valence-corrected chi connectivity index (χ4v) is 2.40. The number of carbonyl (C=O) groups is 1. The minimum absolute atomic E-state index is 0.166. The van der Waals surface area contributed by atoms with E-state index in [1.54, 1.807) is 0 Å². The minimum Gasteiger partial charge on any atom is -0.301 e. The third-order valence-corrected chi connectivity index (χ3v) is 3.45. The molecule has 4 heteroatoms. The molecule has 1 unspecified atom stereocenters. The van der Waals surface area contributed by atoms with Crippen LogP contribution in [0.3, 0.4) is 0 Å². The van der Waals surface area contributed by atoms with Gasteiger partial charge in [0, 0.05) is 13.1 Å². The number of nitrogens with two attached hydrogens (primary N) is 1. The van der Waals surface area contributed by atoms with Gasteiger partial charge in [-0.05, 0) is 18.2 Å². The highest BCUT2D eigenvalue weighted by molar-refractivity contribution is 5.83. The van der Waals surface area contributed by atoms with Crippen LogP contribution >= 0.6 is 0 Å². The molecule has 2 aromatic carbocycles. The second-order valence-electron chi connectivity index (χ2n) is 5.15. The van der Waals surface area contributed by atoms with E-state index in [1.807, 2.05) is 55.6 Å². The molecule has 0 radical (unpaired) electrons. The molecule has 0 aliphatic heterocycles. The maximum atomic E-state index is 12.0. The highest BCUT2D eigenvalue weighted by Crippen LogP contribution is 2.17. The van der Waals surface area contributed by atoms with E-state index in [2.05, 4.69) is 22.5 Å². The van der Waals surface area contributed by atoms with Crippen LogP contribution in [0.2, 0.25) is 0 Å². The molecule has 4 nitrogen and oxygen atoms in total. The van der Waals surface area contributed by atoms with Crippen molar-refractivity contribution in [1.82, 2.24) is 10.3 Å². The zero-order chi connectivity index (χ0) is 15.1. The summed E-state index contributed by atoms with van der Waals surface area (Å²) in [6, 6.07) is 19.9. The van der Waals surface area contributed by atoms with Gasteiger partial charge in [0.1, 0.15) is 0 Å². The number of benzene rings is 2. The molecule has 0 saturated carbocycles. The number of likely N-dealkylation sites (N-methyl/N-ethyl adjacent to an activating group) is 1. The Morgan fingerprint density at radius 2 is 1.67 bits per heavy atom. The van der Waals surface area contributed by atoms with Crippen molar-refractivity contribution in [3.63, 3.8) is 0 Å². The lowest BCUT2D eigenvalue weighted by molar-refractivity contribution is -0.123. The van der Waals surface area contributed by atoms with Crippen molar-refractivity contribution in [3.05, 3.63) is 71.8 Å². The van der Waals surface area contributed by atoms with Gasteiger partial charge in [-0.2, -0.15) is 0 Å². The normalized spacial score (nSPS) is 12.1. The summed E-state index contributed by atoms with van der Waals surface area (Å²) in [4.78, 5) is 14.2. The first kappa shape index (κ1) is 15.2. The molecule has 0 fully saturated rings. The fourth-order valence-electron chi connectivity index (χ4n) is 2.40. The van der Waals surface area contributed by atoms with Gasteiger partial charge >= 0.3 is 0 Å². The third kappa shape index (κ3) is 4.41. The molecule has 0 bridgehead atoms. The number of rotatable bonds is 6. The Kier molecular flexibility index (Phi) is 5.49. The van der Waals surface area contributed by atoms with Crippen LogP contribution in [-0.2, 0) is 11.3 Å². The molecule has 21 heavy (non-hydrogen) atoms. The predicted molar refractivity (Wildman–Crippen MR) is 84.3 cm³/mol. The van der Waals surface area contributed by atoms with Crippen molar-refractivity contribution in [1.29, 1.82) is 0 Å². The molecule has 0 aromatic heterocycles.